The Hall–Kier alpha value is -3.90. The molecule has 0 aliphatic carbocycles. The molecule has 1 N–H and O–H groups in total. The van der Waals surface area contributed by atoms with Gasteiger partial charge in [-0.3, -0.25) is 9.59 Å². The lowest BCUT2D eigenvalue weighted by Crippen LogP contribution is -2.27. The zero-order valence-corrected chi connectivity index (χ0v) is 16.7. The molecule has 0 atom stereocenters. The predicted octanol–water partition coefficient (Wildman–Crippen LogP) is 4.15. The normalized spacial score (nSPS) is 11.8. The first-order chi connectivity index (χ1) is 15.3. The zero-order valence-electron chi connectivity index (χ0n) is 16.7. The van der Waals surface area contributed by atoms with Gasteiger partial charge in [0.05, 0.1) is 23.1 Å². The predicted molar refractivity (Wildman–Crippen MR) is 103 cm³/mol. The minimum Gasteiger partial charge on any atom is -0.468 e. The molecular formula is C20H14F6N4O3. The van der Waals surface area contributed by atoms with Crippen molar-refractivity contribution in [2.75, 3.05) is 11.9 Å². The molecule has 0 aliphatic heterocycles. The Morgan fingerprint density at radius 2 is 1.79 bits per heavy atom. The molecule has 0 unspecified atom stereocenters. The van der Waals surface area contributed by atoms with Gasteiger partial charge in [0.1, 0.15) is 0 Å². The van der Waals surface area contributed by atoms with Crippen LogP contribution in [0.4, 0.5) is 32.0 Å². The van der Waals surface area contributed by atoms with E-state index in [1.54, 1.807) is 0 Å². The van der Waals surface area contributed by atoms with Crippen LogP contribution >= 0.6 is 0 Å². The number of nitrogens with one attached hydrogen (secondary N) is 1. The van der Waals surface area contributed by atoms with Gasteiger partial charge in [-0.05, 0) is 25.1 Å². The lowest BCUT2D eigenvalue weighted by atomic mass is 10.1. The van der Waals surface area contributed by atoms with Gasteiger partial charge in [-0.1, -0.05) is 12.1 Å². The fraction of sp³-hybridized carbons (Fsp3) is 0.200. The van der Waals surface area contributed by atoms with Crippen LogP contribution in [0.1, 0.15) is 21.7 Å². The molecule has 2 heterocycles. The molecule has 0 bridgehead atoms. The number of benzene rings is 1. The average molecular weight is 472 g/mol. The van der Waals surface area contributed by atoms with E-state index in [2.05, 4.69) is 20.1 Å². The van der Waals surface area contributed by atoms with Crippen molar-refractivity contribution in [3.05, 3.63) is 75.8 Å². The van der Waals surface area contributed by atoms with Crippen molar-refractivity contribution in [1.82, 2.24) is 14.8 Å². The van der Waals surface area contributed by atoms with Crippen LogP contribution in [0.2, 0.25) is 0 Å². The number of ether oxygens (including phenoxy) is 1. The van der Waals surface area contributed by atoms with Crippen LogP contribution in [0.25, 0.3) is 5.69 Å². The average Bonchev–Trinajstić information content (AvgIpc) is 2.72. The molecule has 13 heteroatoms. The Labute approximate surface area is 181 Å². The number of carbonyl (C=O) groups is 1. The number of halogens is 6. The molecule has 1 aromatic carbocycles. The summed E-state index contributed by atoms with van der Waals surface area (Å²) in [6, 6.07) is 7.69. The standard InChI is InChI=1S/C20H14F6N4O3/c1-11-8-15(31)17(29-30(11)14-5-3-2-4-13(14)20(24,25)26)18(32)28-12-6-7-16(27-9-12)33-10-19(21,22)23/h2-9H,10H2,1H3,(H,28,32). The number of para-hydroxylation sites is 1. The van der Waals surface area contributed by atoms with Crippen molar-refractivity contribution in [3.63, 3.8) is 0 Å². The van der Waals surface area contributed by atoms with Crippen LogP contribution in [0, 0.1) is 6.92 Å². The fourth-order valence-corrected chi connectivity index (χ4v) is 2.73. The van der Waals surface area contributed by atoms with E-state index < -0.39 is 41.6 Å². The second kappa shape index (κ2) is 8.92. The van der Waals surface area contributed by atoms with Gasteiger partial charge < -0.3 is 10.1 Å². The third-order valence-electron chi connectivity index (χ3n) is 4.14. The van der Waals surface area contributed by atoms with Gasteiger partial charge in [0, 0.05) is 17.8 Å². The topological polar surface area (TPSA) is 86.1 Å². The first-order valence-corrected chi connectivity index (χ1v) is 9.10. The number of rotatable bonds is 5. The summed E-state index contributed by atoms with van der Waals surface area (Å²) < 4.78 is 82.0. The maximum atomic E-state index is 13.4. The Balaban J connectivity index is 1.88. The first kappa shape index (κ1) is 23.8. The molecule has 174 valence electrons. The highest BCUT2D eigenvalue weighted by Crippen LogP contribution is 2.33. The smallest absolute Gasteiger partial charge is 0.422 e. The van der Waals surface area contributed by atoms with Gasteiger partial charge >= 0.3 is 12.4 Å². The number of amides is 1. The number of pyridine rings is 1. The van der Waals surface area contributed by atoms with Crippen molar-refractivity contribution in [2.24, 2.45) is 0 Å². The molecular weight excluding hydrogens is 458 g/mol. The molecule has 0 saturated heterocycles. The number of alkyl halides is 6. The second-order valence-corrected chi connectivity index (χ2v) is 6.67. The Bertz CT molecular complexity index is 1220. The molecule has 33 heavy (non-hydrogen) atoms. The number of nitrogens with zero attached hydrogens (tertiary/aromatic N) is 3. The molecule has 1 amide bonds. The molecule has 0 spiro atoms. The van der Waals surface area contributed by atoms with E-state index in [1.165, 1.54) is 25.1 Å². The second-order valence-electron chi connectivity index (χ2n) is 6.67. The van der Waals surface area contributed by atoms with E-state index in [1.807, 2.05) is 0 Å². The number of anilines is 1. The van der Waals surface area contributed by atoms with E-state index >= 15 is 0 Å². The Kier molecular flexibility index (Phi) is 6.42. The highest BCUT2D eigenvalue weighted by Gasteiger charge is 2.34. The number of hydrogen-bond donors (Lipinski definition) is 1. The lowest BCUT2D eigenvalue weighted by Gasteiger charge is -2.16. The van der Waals surface area contributed by atoms with Crippen LogP contribution < -0.4 is 15.5 Å². The molecule has 0 radical (unpaired) electrons. The highest BCUT2D eigenvalue weighted by molar-refractivity contribution is 6.02. The molecule has 0 aliphatic rings. The van der Waals surface area contributed by atoms with E-state index in [9.17, 15) is 35.9 Å². The van der Waals surface area contributed by atoms with Gasteiger partial charge in [-0.25, -0.2) is 9.67 Å². The van der Waals surface area contributed by atoms with E-state index in [-0.39, 0.29) is 22.9 Å². The minimum atomic E-state index is -4.71. The van der Waals surface area contributed by atoms with Crippen LogP contribution in [-0.4, -0.2) is 33.5 Å². The molecule has 2 aromatic heterocycles. The lowest BCUT2D eigenvalue weighted by molar-refractivity contribution is -0.154. The van der Waals surface area contributed by atoms with Crippen molar-refractivity contribution in [2.45, 2.75) is 19.3 Å². The maximum absolute atomic E-state index is 13.4. The molecule has 7 nitrogen and oxygen atoms in total. The number of hydrogen-bond acceptors (Lipinski definition) is 5. The van der Waals surface area contributed by atoms with Crippen molar-refractivity contribution >= 4 is 11.6 Å². The highest BCUT2D eigenvalue weighted by atomic mass is 19.4. The molecule has 3 aromatic rings. The van der Waals surface area contributed by atoms with Crippen molar-refractivity contribution in [3.8, 4) is 11.6 Å². The van der Waals surface area contributed by atoms with E-state index in [4.69, 9.17) is 0 Å². The molecule has 3 rings (SSSR count). The summed E-state index contributed by atoms with van der Waals surface area (Å²) in [5.74, 6) is -1.41. The molecule has 0 fully saturated rings. The van der Waals surface area contributed by atoms with Crippen LogP contribution in [0.3, 0.4) is 0 Å². The SMILES string of the molecule is Cc1cc(=O)c(C(=O)Nc2ccc(OCC(F)(F)F)nc2)nn1-c1ccccc1C(F)(F)F. The minimum absolute atomic E-state index is 0.0108. The Morgan fingerprint density at radius 1 is 1.09 bits per heavy atom. The van der Waals surface area contributed by atoms with Crippen LogP contribution in [0.5, 0.6) is 5.88 Å². The summed E-state index contributed by atoms with van der Waals surface area (Å²) in [4.78, 5) is 28.4. The van der Waals surface area contributed by atoms with E-state index in [0.29, 0.717) is 0 Å². The van der Waals surface area contributed by atoms with Crippen LogP contribution in [-0.2, 0) is 6.18 Å². The summed E-state index contributed by atoms with van der Waals surface area (Å²) in [5, 5.41) is 6.07. The maximum Gasteiger partial charge on any atom is 0.422 e. The van der Waals surface area contributed by atoms with Crippen LogP contribution in [0.15, 0.2) is 53.5 Å². The van der Waals surface area contributed by atoms with Gasteiger partial charge in [-0.15, -0.1) is 0 Å². The largest absolute Gasteiger partial charge is 0.468 e. The molecule has 0 saturated carbocycles. The van der Waals surface area contributed by atoms with Gasteiger partial charge in [0.15, 0.2) is 12.3 Å². The summed E-state index contributed by atoms with van der Waals surface area (Å²) in [6.07, 6.45) is -8.29. The third-order valence-corrected chi connectivity index (χ3v) is 4.14. The van der Waals surface area contributed by atoms with E-state index in [0.717, 1.165) is 35.1 Å². The first-order valence-electron chi connectivity index (χ1n) is 9.10. The number of aromatic nitrogens is 3. The van der Waals surface area contributed by atoms with Gasteiger partial charge in [-0.2, -0.15) is 31.4 Å². The summed E-state index contributed by atoms with van der Waals surface area (Å²) in [7, 11) is 0. The number of carbonyl (C=O) groups excluding carboxylic acids is 1. The summed E-state index contributed by atoms with van der Waals surface area (Å²) in [5.41, 5.74) is -2.90. The quantitative estimate of drug-likeness (QED) is 0.564. The van der Waals surface area contributed by atoms with Crippen molar-refractivity contribution in [1.29, 1.82) is 0 Å². The summed E-state index contributed by atoms with van der Waals surface area (Å²) >= 11 is 0. The zero-order chi connectivity index (χ0) is 24.4. The number of aryl methyl sites for hydroxylation is 1. The van der Waals surface area contributed by atoms with Gasteiger partial charge in [0.25, 0.3) is 5.91 Å². The third kappa shape index (κ3) is 5.87. The van der Waals surface area contributed by atoms with Gasteiger partial charge in [0.2, 0.25) is 11.3 Å². The van der Waals surface area contributed by atoms with Crippen molar-refractivity contribution < 1.29 is 35.9 Å². The monoisotopic (exact) mass is 472 g/mol. The fourth-order valence-electron chi connectivity index (χ4n) is 2.73. The summed E-state index contributed by atoms with van der Waals surface area (Å²) in [6.45, 7) is -0.204. The Morgan fingerprint density at radius 3 is 2.39 bits per heavy atom.